The fourth-order valence-electron chi connectivity index (χ4n) is 9.25. The summed E-state index contributed by atoms with van der Waals surface area (Å²) < 4.78 is 40.4. The van der Waals surface area contributed by atoms with Crippen LogP contribution in [0.15, 0.2) is 48.7 Å². The van der Waals surface area contributed by atoms with Crippen LogP contribution in [0.25, 0.3) is 22.3 Å². The number of halogens is 2. The first kappa shape index (κ1) is 41.6. The summed E-state index contributed by atoms with van der Waals surface area (Å²) in [5.41, 5.74) is 4.04. The molecule has 5 aromatic rings. The highest BCUT2D eigenvalue weighted by Gasteiger charge is 2.36. The summed E-state index contributed by atoms with van der Waals surface area (Å²) in [5.74, 6) is -3.91. The van der Waals surface area contributed by atoms with E-state index in [9.17, 15) is 24.0 Å². The van der Waals surface area contributed by atoms with Crippen LogP contribution in [0.5, 0.6) is 5.88 Å². The predicted molar refractivity (Wildman–Crippen MR) is 227 cm³/mol. The fraction of sp³-hybridized carbons (Fsp3) is 0.422. The summed E-state index contributed by atoms with van der Waals surface area (Å²) in [6.07, 6.45) is 3.80. The van der Waals surface area contributed by atoms with Gasteiger partial charge in [-0.15, -0.1) is 0 Å². The minimum atomic E-state index is -1.09. The number of aryl methyl sites for hydroxylation is 2. The van der Waals surface area contributed by atoms with Crippen molar-refractivity contribution in [3.05, 3.63) is 82.7 Å². The Labute approximate surface area is 361 Å². The maximum Gasteiger partial charge on any atom is 0.258 e. The van der Waals surface area contributed by atoms with Crippen LogP contribution in [0.1, 0.15) is 76.9 Å². The van der Waals surface area contributed by atoms with Crippen molar-refractivity contribution in [3.63, 3.8) is 0 Å². The van der Waals surface area contributed by atoms with E-state index in [1.54, 1.807) is 49.8 Å². The highest BCUT2D eigenvalue weighted by Crippen LogP contribution is 2.35. The summed E-state index contributed by atoms with van der Waals surface area (Å²) in [6, 6.07) is 11.1. The molecule has 7 heterocycles. The number of hydrogen-bond donors (Lipinski definition) is 2. The Morgan fingerprint density at radius 2 is 1.63 bits per heavy atom. The Morgan fingerprint density at radius 1 is 0.873 bits per heavy atom. The number of nitrogens with zero attached hydrogens (tertiary/aromatic N) is 8. The Bertz CT molecular complexity index is 2650. The molecule has 0 spiro atoms. The lowest BCUT2D eigenvalue weighted by molar-refractivity contribution is -0.136. The molecule has 3 fully saturated rings. The number of hydrogen-bond acceptors (Lipinski definition) is 10. The van der Waals surface area contributed by atoms with E-state index in [0.717, 1.165) is 12.8 Å². The fourth-order valence-corrected chi connectivity index (χ4v) is 9.25. The second kappa shape index (κ2) is 16.9. The smallest absolute Gasteiger partial charge is 0.258 e. The molecule has 18 heteroatoms. The largest absolute Gasteiger partial charge is 0.477 e. The Kier molecular flexibility index (Phi) is 11.1. The number of piperidine rings is 1. The van der Waals surface area contributed by atoms with Crippen molar-refractivity contribution in [3.8, 4) is 17.1 Å². The van der Waals surface area contributed by atoms with E-state index < -0.39 is 35.3 Å². The zero-order valence-corrected chi connectivity index (χ0v) is 35.3. The lowest BCUT2D eigenvalue weighted by Gasteiger charge is -2.36. The van der Waals surface area contributed by atoms with E-state index >= 15 is 8.78 Å². The lowest BCUT2D eigenvalue weighted by Crippen LogP contribution is -2.52. The minimum Gasteiger partial charge on any atom is -0.477 e. The molecule has 0 unspecified atom stereocenters. The third kappa shape index (κ3) is 8.21. The highest BCUT2D eigenvalue weighted by molar-refractivity contribution is 6.05. The molecule has 16 nitrogen and oxygen atoms in total. The number of imidazole rings is 1. The molecule has 3 saturated heterocycles. The third-order valence-electron chi connectivity index (χ3n) is 12.6. The molecular formula is C45H48F2N10O6. The number of carbonyl (C=O) groups is 5. The predicted octanol–water partition coefficient (Wildman–Crippen LogP) is 4.81. The van der Waals surface area contributed by atoms with Gasteiger partial charge in [0, 0.05) is 87.4 Å². The van der Waals surface area contributed by atoms with E-state index in [4.69, 9.17) is 9.72 Å². The molecule has 4 aliphatic heterocycles. The molecule has 3 aromatic heterocycles. The zero-order chi connectivity index (χ0) is 44.1. The van der Waals surface area contributed by atoms with Gasteiger partial charge in [-0.25, -0.2) is 18.4 Å². The molecule has 328 valence electrons. The molecule has 5 amide bonds. The van der Waals surface area contributed by atoms with Gasteiger partial charge in [-0.3, -0.25) is 39.6 Å². The van der Waals surface area contributed by atoms with Crippen LogP contribution in [-0.4, -0.2) is 110 Å². The number of fused-ring (bicyclic) bond motifs is 7. The van der Waals surface area contributed by atoms with E-state index in [2.05, 4.69) is 27.6 Å². The first-order valence-corrected chi connectivity index (χ1v) is 21.4. The van der Waals surface area contributed by atoms with Gasteiger partial charge in [-0.1, -0.05) is 6.92 Å². The number of amides is 5. The topological polar surface area (TPSA) is 177 Å². The molecule has 2 N–H and O–H groups in total. The first-order valence-electron chi connectivity index (χ1n) is 21.4. The van der Waals surface area contributed by atoms with Gasteiger partial charge in [0.05, 0.1) is 46.9 Å². The minimum absolute atomic E-state index is 0.00140. The summed E-state index contributed by atoms with van der Waals surface area (Å²) in [4.78, 5) is 80.2. The van der Waals surface area contributed by atoms with Gasteiger partial charge in [0.15, 0.2) is 0 Å². The quantitative estimate of drug-likeness (QED) is 0.239. The number of carbonyl (C=O) groups excluding carboxylic acids is 5. The maximum atomic E-state index is 15.3. The Balaban J connectivity index is 0.868. The summed E-state index contributed by atoms with van der Waals surface area (Å²) in [6.45, 7) is 6.95. The van der Waals surface area contributed by atoms with Crippen molar-refractivity contribution in [1.82, 2.24) is 39.4 Å². The zero-order valence-electron chi connectivity index (χ0n) is 35.3. The van der Waals surface area contributed by atoms with Crippen molar-refractivity contribution < 1.29 is 37.5 Å². The van der Waals surface area contributed by atoms with Gasteiger partial charge < -0.3 is 24.0 Å². The molecule has 4 aliphatic rings. The number of rotatable bonds is 4. The number of ether oxygens (including phenoxy) is 1. The molecule has 63 heavy (non-hydrogen) atoms. The van der Waals surface area contributed by atoms with Gasteiger partial charge in [-0.2, -0.15) is 5.10 Å². The molecule has 9 rings (SSSR count). The molecule has 2 bridgehead atoms. The normalized spacial score (nSPS) is 20.9. The molecule has 0 saturated carbocycles. The molecule has 0 radical (unpaired) electrons. The average Bonchev–Trinajstić information content (AvgIpc) is 3.99. The van der Waals surface area contributed by atoms with Crippen LogP contribution >= 0.6 is 0 Å². The van der Waals surface area contributed by atoms with Gasteiger partial charge in [0.25, 0.3) is 11.8 Å². The monoisotopic (exact) mass is 862 g/mol. The summed E-state index contributed by atoms with van der Waals surface area (Å²) in [7, 11) is 1.81. The van der Waals surface area contributed by atoms with Gasteiger partial charge >= 0.3 is 0 Å². The Hall–Kier alpha value is -6.72. The number of nitrogens with one attached hydrogen (secondary N) is 2. The van der Waals surface area contributed by atoms with Gasteiger partial charge in [0.1, 0.15) is 11.6 Å². The number of piperazine rings is 1. The highest BCUT2D eigenvalue weighted by atomic mass is 19.1. The van der Waals surface area contributed by atoms with Crippen LogP contribution in [0, 0.1) is 30.4 Å². The van der Waals surface area contributed by atoms with Crippen molar-refractivity contribution in [2.75, 3.05) is 56.1 Å². The average molecular weight is 863 g/mol. The van der Waals surface area contributed by atoms with Crippen LogP contribution in [0.2, 0.25) is 0 Å². The number of aromatic nitrogens is 5. The van der Waals surface area contributed by atoms with Gasteiger partial charge in [0.2, 0.25) is 29.5 Å². The molecular weight excluding hydrogens is 815 g/mol. The van der Waals surface area contributed by atoms with Crippen molar-refractivity contribution >= 4 is 52.2 Å². The second-order valence-electron chi connectivity index (χ2n) is 17.0. The summed E-state index contributed by atoms with van der Waals surface area (Å²) >= 11 is 0. The Morgan fingerprint density at radius 3 is 2.40 bits per heavy atom. The van der Waals surface area contributed by atoms with E-state index in [0.29, 0.717) is 103 Å². The third-order valence-corrected chi connectivity index (χ3v) is 12.6. The van der Waals surface area contributed by atoms with E-state index in [1.807, 2.05) is 24.6 Å². The number of anilines is 2. The van der Waals surface area contributed by atoms with Crippen molar-refractivity contribution in [2.45, 2.75) is 58.4 Å². The van der Waals surface area contributed by atoms with Crippen LogP contribution < -0.4 is 20.3 Å². The number of imide groups is 1. The van der Waals surface area contributed by atoms with Crippen LogP contribution in [0.4, 0.5) is 20.4 Å². The summed E-state index contributed by atoms with van der Waals surface area (Å²) in [5, 5.41) is 9.56. The lowest BCUT2D eigenvalue weighted by atomic mass is 9.89. The second-order valence-corrected chi connectivity index (χ2v) is 17.0. The van der Waals surface area contributed by atoms with E-state index in [-0.39, 0.29) is 54.3 Å². The number of pyridine rings is 1. The first-order chi connectivity index (χ1) is 30.3. The molecule has 2 aromatic carbocycles. The number of benzene rings is 2. The maximum absolute atomic E-state index is 15.3. The van der Waals surface area contributed by atoms with E-state index in [1.165, 1.54) is 12.1 Å². The van der Waals surface area contributed by atoms with Crippen LogP contribution in [-0.2, 0) is 28.0 Å². The SMILES string of the molecule is Cc1cc2cc(n1)-c1cnn(C)c1OCCC[C@@H](C)Cn1c(nc3ccc(C(=O)N4CCN(C(=O)[C@@H]5CCN(c6cc(F)c([C@H]7CCC(=O)NC7=O)c(F)c6)C5)CC4)cc31)NC2=O. The molecule has 0 aliphatic carbocycles. The van der Waals surface area contributed by atoms with Crippen molar-refractivity contribution in [1.29, 1.82) is 0 Å². The molecule has 3 atom stereocenters. The van der Waals surface area contributed by atoms with Crippen LogP contribution in [0.3, 0.4) is 0 Å². The standard InChI is InChI=1S/C45H48F2N10O6/c1-25-5-4-16-63-44-32(22-48-53(44)3)36-18-29(17-26(2)49-36)40(59)52-45-50-35-8-6-27(19-37(35)57(45)23-25)42(61)54-12-14-55(15-13-54)43(62)28-10-11-56(24-28)30-20-33(46)39(34(47)21-30)31-7-9-38(58)51-41(31)60/h6,8,17-22,25,28,31H,4-5,7,9-16,23-24H2,1-3H3,(H,50,52,59)(H,51,58,60)/t25-,28-,31-/m1/s1. The van der Waals surface area contributed by atoms with Crippen molar-refractivity contribution in [2.24, 2.45) is 18.9 Å². The van der Waals surface area contributed by atoms with Gasteiger partial charge in [-0.05, 0) is 81.0 Å².